The van der Waals surface area contributed by atoms with Crippen LogP contribution in [-0.4, -0.2) is 66.8 Å². The Morgan fingerprint density at radius 3 is 2.00 bits per heavy atom. The largest absolute Gasteiger partial charge is 0.396 e. The molecule has 1 rings (SSSR count). The maximum absolute atomic E-state index is 8.80. The van der Waals surface area contributed by atoms with E-state index in [1.807, 2.05) is 0 Å². The molecule has 0 aliphatic carbocycles. The summed E-state index contributed by atoms with van der Waals surface area (Å²) in [5.41, 5.74) is 5.92. The van der Waals surface area contributed by atoms with E-state index in [1.165, 1.54) is 6.54 Å². The van der Waals surface area contributed by atoms with Crippen molar-refractivity contribution in [1.29, 1.82) is 0 Å². The number of nitrogens with two attached hydrogens (primary N) is 1. The molecule has 16 heavy (non-hydrogen) atoms. The van der Waals surface area contributed by atoms with Crippen LogP contribution >= 0.6 is 0 Å². The van der Waals surface area contributed by atoms with Crippen molar-refractivity contribution < 1.29 is 5.11 Å². The maximum atomic E-state index is 8.80. The van der Waals surface area contributed by atoms with Crippen molar-refractivity contribution in [3.05, 3.63) is 0 Å². The Balaban J connectivity index is 2.16. The number of rotatable bonds is 6. The third kappa shape index (κ3) is 5.25. The van der Waals surface area contributed by atoms with Crippen LogP contribution in [0.15, 0.2) is 0 Å². The second-order valence-corrected chi connectivity index (χ2v) is 5.27. The summed E-state index contributed by atoms with van der Waals surface area (Å²) in [7, 11) is 0. The van der Waals surface area contributed by atoms with Crippen molar-refractivity contribution in [2.45, 2.75) is 26.3 Å². The van der Waals surface area contributed by atoms with Gasteiger partial charge >= 0.3 is 0 Å². The molecular weight excluding hydrogens is 202 g/mol. The molecule has 1 unspecified atom stereocenters. The lowest BCUT2D eigenvalue weighted by Crippen LogP contribution is -2.50. The number of piperazine rings is 1. The number of hydrogen-bond donors (Lipinski definition) is 2. The van der Waals surface area contributed by atoms with Gasteiger partial charge in [0.1, 0.15) is 0 Å². The molecule has 1 fully saturated rings. The van der Waals surface area contributed by atoms with Gasteiger partial charge < -0.3 is 15.7 Å². The highest BCUT2D eigenvalue weighted by Gasteiger charge is 2.18. The van der Waals surface area contributed by atoms with Crippen molar-refractivity contribution in [2.75, 3.05) is 45.9 Å². The van der Waals surface area contributed by atoms with Gasteiger partial charge in [0.05, 0.1) is 0 Å². The van der Waals surface area contributed by atoms with E-state index in [0.29, 0.717) is 6.42 Å². The van der Waals surface area contributed by atoms with Crippen molar-refractivity contribution >= 4 is 0 Å². The highest BCUT2D eigenvalue weighted by Crippen LogP contribution is 2.06. The highest BCUT2D eigenvalue weighted by atomic mass is 16.3. The summed E-state index contributed by atoms with van der Waals surface area (Å²) < 4.78 is 0. The van der Waals surface area contributed by atoms with Gasteiger partial charge in [-0.3, -0.25) is 4.90 Å². The third-order valence-corrected chi connectivity index (χ3v) is 3.08. The fourth-order valence-electron chi connectivity index (χ4n) is 2.26. The fourth-order valence-corrected chi connectivity index (χ4v) is 2.26. The molecule has 1 aliphatic heterocycles. The van der Waals surface area contributed by atoms with Gasteiger partial charge in [0.25, 0.3) is 0 Å². The van der Waals surface area contributed by atoms with Crippen molar-refractivity contribution in [3.8, 4) is 0 Å². The smallest absolute Gasteiger partial charge is 0.0446 e. The standard InChI is InChI=1S/C12H27N3O/c1-11(2)9-14-4-6-15(7-5-14)10-12(13)3-8-16/h11-12,16H,3-10,13H2,1-2H3. The molecule has 0 spiro atoms. The minimum atomic E-state index is 0.127. The first-order valence-corrected chi connectivity index (χ1v) is 6.43. The van der Waals surface area contributed by atoms with Crippen LogP contribution in [0.2, 0.25) is 0 Å². The first-order valence-electron chi connectivity index (χ1n) is 6.43. The summed E-state index contributed by atoms with van der Waals surface area (Å²) in [6.07, 6.45) is 0.714. The second-order valence-electron chi connectivity index (χ2n) is 5.27. The van der Waals surface area contributed by atoms with Gasteiger partial charge in [-0.2, -0.15) is 0 Å². The summed E-state index contributed by atoms with van der Waals surface area (Å²) in [6, 6.07) is 0.127. The molecule has 1 atom stereocenters. The molecular formula is C12H27N3O. The summed E-state index contributed by atoms with van der Waals surface area (Å²) in [4.78, 5) is 4.94. The van der Waals surface area contributed by atoms with E-state index >= 15 is 0 Å². The average molecular weight is 229 g/mol. The lowest BCUT2D eigenvalue weighted by Gasteiger charge is -2.36. The number of aliphatic hydroxyl groups excluding tert-OH is 1. The van der Waals surface area contributed by atoms with Crippen LogP contribution < -0.4 is 5.73 Å². The molecule has 0 bridgehead atoms. The van der Waals surface area contributed by atoms with Crippen molar-refractivity contribution in [3.63, 3.8) is 0 Å². The Morgan fingerprint density at radius 1 is 1.06 bits per heavy atom. The van der Waals surface area contributed by atoms with Gasteiger partial charge in [-0.15, -0.1) is 0 Å². The number of hydrogen-bond acceptors (Lipinski definition) is 4. The predicted octanol–water partition coefficient (Wildman–Crippen LogP) is -0.0303. The fraction of sp³-hybridized carbons (Fsp3) is 1.00. The maximum Gasteiger partial charge on any atom is 0.0446 e. The van der Waals surface area contributed by atoms with Gasteiger partial charge in [-0.05, 0) is 12.3 Å². The Labute approximate surface area is 99.4 Å². The number of aliphatic hydroxyl groups is 1. The third-order valence-electron chi connectivity index (χ3n) is 3.08. The van der Waals surface area contributed by atoms with Crippen LogP contribution in [-0.2, 0) is 0 Å². The van der Waals surface area contributed by atoms with E-state index in [-0.39, 0.29) is 12.6 Å². The van der Waals surface area contributed by atoms with Crippen LogP contribution in [0.4, 0.5) is 0 Å². The van der Waals surface area contributed by atoms with Gasteiger partial charge in [-0.1, -0.05) is 13.8 Å². The summed E-state index contributed by atoms with van der Waals surface area (Å²) in [5, 5.41) is 8.80. The lowest BCUT2D eigenvalue weighted by molar-refractivity contribution is 0.114. The van der Waals surface area contributed by atoms with Gasteiger partial charge in [0.15, 0.2) is 0 Å². The molecule has 4 nitrogen and oxygen atoms in total. The first-order chi connectivity index (χ1) is 7.61. The van der Waals surface area contributed by atoms with E-state index in [0.717, 1.165) is 38.6 Å². The Bertz CT molecular complexity index is 179. The summed E-state index contributed by atoms with van der Waals surface area (Å²) in [5.74, 6) is 0.753. The van der Waals surface area contributed by atoms with Crippen LogP contribution in [0.25, 0.3) is 0 Å². The summed E-state index contributed by atoms with van der Waals surface area (Å²) >= 11 is 0. The SMILES string of the molecule is CC(C)CN1CCN(CC(N)CCO)CC1. The molecule has 0 amide bonds. The topological polar surface area (TPSA) is 52.7 Å². The van der Waals surface area contributed by atoms with Crippen LogP contribution in [0.3, 0.4) is 0 Å². The van der Waals surface area contributed by atoms with E-state index in [9.17, 15) is 0 Å². The molecule has 0 aromatic carbocycles. The first kappa shape index (κ1) is 13.9. The molecule has 4 heteroatoms. The van der Waals surface area contributed by atoms with E-state index in [2.05, 4.69) is 23.6 Å². The minimum Gasteiger partial charge on any atom is -0.396 e. The Kier molecular flexibility index (Phi) is 6.28. The average Bonchev–Trinajstić information content (AvgIpc) is 2.20. The molecule has 1 aliphatic rings. The molecule has 0 aromatic rings. The second kappa shape index (κ2) is 7.22. The van der Waals surface area contributed by atoms with Gasteiger partial charge in [-0.25, -0.2) is 0 Å². The van der Waals surface area contributed by atoms with Crippen molar-refractivity contribution in [2.24, 2.45) is 11.7 Å². The number of nitrogens with zero attached hydrogens (tertiary/aromatic N) is 2. The Morgan fingerprint density at radius 2 is 1.56 bits per heavy atom. The molecule has 0 radical (unpaired) electrons. The predicted molar refractivity (Wildman–Crippen MR) is 67.4 cm³/mol. The van der Waals surface area contributed by atoms with Crippen LogP contribution in [0.1, 0.15) is 20.3 Å². The molecule has 0 saturated carbocycles. The van der Waals surface area contributed by atoms with Crippen LogP contribution in [0.5, 0.6) is 0 Å². The quantitative estimate of drug-likeness (QED) is 0.671. The van der Waals surface area contributed by atoms with E-state index in [1.54, 1.807) is 0 Å². The normalized spacial score (nSPS) is 21.6. The highest BCUT2D eigenvalue weighted by molar-refractivity contribution is 4.76. The zero-order valence-corrected chi connectivity index (χ0v) is 10.7. The zero-order chi connectivity index (χ0) is 12.0. The van der Waals surface area contributed by atoms with E-state index < -0.39 is 0 Å². The van der Waals surface area contributed by atoms with Gasteiger partial charge in [0, 0.05) is 51.9 Å². The molecule has 0 aromatic heterocycles. The van der Waals surface area contributed by atoms with Crippen LogP contribution in [0, 0.1) is 5.92 Å². The van der Waals surface area contributed by atoms with Crippen molar-refractivity contribution in [1.82, 2.24) is 9.80 Å². The lowest BCUT2D eigenvalue weighted by atomic mass is 10.1. The molecule has 3 N–H and O–H groups in total. The molecule has 1 saturated heterocycles. The molecule has 1 heterocycles. The Hall–Kier alpha value is -0.160. The minimum absolute atomic E-state index is 0.127. The van der Waals surface area contributed by atoms with Gasteiger partial charge in [0.2, 0.25) is 0 Å². The zero-order valence-electron chi connectivity index (χ0n) is 10.7. The van der Waals surface area contributed by atoms with E-state index in [4.69, 9.17) is 10.8 Å². The monoisotopic (exact) mass is 229 g/mol. The molecule has 96 valence electrons. The summed E-state index contributed by atoms with van der Waals surface area (Å²) in [6.45, 7) is 11.4.